The summed E-state index contributed by atoms with van der Waals surface area (Å²) in [5, 5.41) is 0.666. The molecule has 1 aliphatic heterocycles. The Morgan fingerprint density at radius 2 is 2.11 bits per heavy atom. The van der Waals surface area contributed by atoms with Crippen LogP contribution >= 0.6 is 11.6 Å². The average molecular weight is 269 g/mol. The van der Waals surface area contributed by atoms with Gasteiger partial charge in [-0.1, -0.05) is 11.6 Å². The van der Waals surface area contributed by atoms with Crippen LogP contribution in [0.4, 0.5) is 5.69 Å². The number of ether oxygens (including phenoxy) is 1. The molecule has 1 aromatic carbocycles. The molecule has 1 amide bonds. The maximum absolute atomic E-state index is 12.2. The molecular weight excluding hydrogens is 252 g/mol. The van der Waals surface area contributed by atoms with Crippen LogP contribution in [0.25, 0.3) is 0 Å². The van der Waals surface area contributed by atoms with Crippen molar-refractivity contribution in [1.82, 2.24) is 0 Å². The molecule has 2 rings (SSSR count). The van der Waals surface area contributed by atoms with Gasteiger partial charge in [0.2, 0.25) is 0 Å². The summed E-state index contributed by atoms with van der Waals surface area (Å²) in [4.78, 5) is 14.0. The predicted octanol–water partition coefficient (Wildman–Crippen LogP) is 1.81. The highest BCUT2D eigenvalue weighted by Crippen LogP contribution is 2.22. The van der Waals surface area contributed by atoms with Gasteiger partial charge in [-0.2, -0.15) is 0 Å². The van der Waals surface area contributed by atoms with Crippen molar-refractivity contribution < 1.29 is 9.53 Å². The molecule has 0 saturated carbocycles. The Morgan fingerprint density at radius 1 is 1.39 bits per heavy atom. The van der Waals surface area contributed by atoms with Crippen LogP contribution in [0.3, 0.4) is 0 Å². The molecule has 5 heteroatoms. The minimum atomic E-state index is -0.363. The lowest BCUT2D eigenvalue weighted by atomic mass is 10.1. The first kappa shape index (κ1) is 13.3. The number of halogens is 1. The van der Waals surface area contributed by atoms with Crippen LogP contribution in [0.2, 0.25) is 5.02 Å². The van der Waals surface area contributed by atoms with Crippen LogP contribution < -0.4 is 10.6 Å². The second-order valence-electron chi connectivity index (χ2n) is 4.26. The molecule has 1 aromatic rings. The quantitative estimate of drug-likeness (QED) is 0.906. The largest absolute Gasteiger partial charge is 0.367 e. The van der Waals surface area contributed by atoms with Gasteiger partial charge in [-0.05, 0) is 43.7 Å². The smallest absolute Gasteiger partial charge is 0.256 e. The van der Waals surface area contributed by atoms with Crippen molar-refractivity contribution in [2.24, 2.45) is 5.73 Å². The number of nitrogens with two attached hydrogens (primary N) is 1. The zero-order valence-corrected chi connectivity index (χ0v) is 10.9. The molecule has 1 fully saturated rings. The lowest BCUT2D eigenvalue weighted by Crippen LogP contribution is -2.48. The second kappa shape index (κ2) is 6.18. The number of carbonyl (C=O) groups is 1. The fourth-order valence-corrected chi connectivity index (χ4v) is 2.15. The molecule has 18 heavy (non-hydrogen) atoms. The fourth-order valence-electron chi connectivity index (χ4n) is 2.03. The zero-order valence-electron chi connectivity index (χ0n) is 10.1. The van der Waals surface area contributed by atoms with Gasteiger partial charge in [0.1, 0.15) is 6.10 Å². The van der Waals surface area contributed by atoms with E-state index in [1.54, 1.807) is 17.0 Å². The molecule has 1 unspecified atom stereocenters. The van der Waals surface area contributed by atoms with Gasteiger partial charge in [-0.15, -0.1) is 0 Å². The van der Waals surface area contributed by atoms with Crippen molar-refractivity contribution in [3.8, 4) is 0 Å². The molecule has 0 spiro atoms. The summed E-state index contributed by atoms with van der Waals surface area (Å²) in [6, 6.07) is 7.28. The summed E-state index contributed by atoms with van der Waals surface area (Å²) in [6.45, 7) is 1.72. The Morgan fingerprint density at radius 3 is 2.78 bits per heavy atom. The molecule has 98 valence electrons. The predicted molar refractivity (Wildman–Crippen MR) is 71.8 cm³/mol. The molecular formula is C13H17ClN2O2. The van der Waals surface area contributed by atoms with E-state index < -0.39 is 0 Å². The first-order valence-corrected chi connectivity index (χ1v) is 6.49. The van der Waals surface area contributed by atoms with Gasteiger partial charge >= 0.3 is 0 Å². The Bertz CT molecular complexity index is 408. The Kier molecular flexibility index (Phi) is 4.58. The topological polar surface area (TPSA) is 55.6 Å². The summed E-state index contributed by atoms with van der Waals surface area (Å²) in [5.41, 5.74) is 6.32. The van der Waals surface area contributed by atoms with Crippen molar-refractivity contribution in [3.63, 3.8) is 0 Å². The number of morpholine rings is 1. The Hall–Kier alpha value is -1.10. The van der Waals surface area contributed by atoms with Crippen LogP contribution in [0, 0.1) is 0 Å². The molecule has 1 aliphatic rings. The molecule has 0 radical (unpaired) electrons. The summed E-state index contributed by atoms with van der Waals surface area (Å²) < 4.78 is 5.49. The normalized spacial score (nSPS) is 20.2. The first-order valence-electron chi connectivity index (χ1n) is 6.11. The Labute approximate surface area is 112 Å². The molecule has 2 N–H and O–H groups in total. The third-order valence-electron chi connectivity index (χ3n) is 2.98. The van der Waals surface area contributed by atoms with Crippen LogP contribution in [-0.2, 0) is 9.53 Å². The highest BCUT2D eigenvalue weighted by Gasteiger charge is 2.29. The maximum Gasteiger partial charge on any atom is 0.256 e. The zero-order chi connectivity index (χ0) is 13.0. The van der Waals surface area contributed by atoms with Gasteiger partial charge < -0.3 is 15.4 Å². The highest BCUT2D eigenvalue weighted by molar-refractivity contribution is 6.30. The van der Waals surface area contributed by atoms with E-state index in [9.17, 15) is 4.79 Å². The number of hydrogen-bond donors (Lipinski definition) is 1. The van der Waals surface area contributed by atoms with Gasteiger partial charge in [0.15, 0.2) is 0 Å². The molecule has 0 aromatic heterocycles. The van der Waals surface area contributed by atoms with Gasteiger partial charge in [0, 0.05) is 17.3 Å². The minimum absolute atomic E-state index is 0.0111. The van der Waals surface area contributed by atoms with Crippen molar-refractivity contribution in [2.45, 2.75) is 18.9 Å². The molecule has 4 nitrogen and oxygen atoms in total. The van der Waals surface area contributed by atoms with E-state index in [1.165, 1.54) is 0 Å². The first-order chi connectivity index (χ1) is 8.72. The Balaban J connectivity index is 2.08. The standard InChI is InChI=1S/C13H17ClN2O2/c14-10-3-5-11(6-4-10)16-8-9-18-12(13(16)17)2-1-7-15/h3-6,12H,1-2,7-9,15H2. The number of carbonyl (C=O) groups excluding carboxylic acids is 1. The van der Waals surface area contributed by atoms with E-state index in [2.05, 4.69) is 0 Å². The molecule has 1 heterocycles. The van der Waals surface area contributed by atoms with Gasteiger partial charge in [0.25, 0.3) is 5.91 Å². The van der Waals surface area contributed by atoms with Crippen LogP contribution in [0.15, 0.2) is 24.3 Å². The fraction of sp³-hybridized carbons (Fsp3) is 0.462. The number of amides is 1. The summed E-state index contributed by atoms with van der Waals surface area (Å²) in [5.74, 6) is 0.0111. The van der Waals surface area contributed by atoms with E-state index in [0.717, 1.165) is 12.1 Å². The van der Waals surface area contributed by atoms with Gasteiger partial charge in [-0.3, -0.25) is 4.79 Å². The van der Waals surface area contributed by atoms with E-state index in [4.69, 9.17) is 22.1 Å². The monoisotopic (exact) mass is 268 g/mol. The lowest BCUT2D eigenvalue weighted by molar-refractivity contribution is -0.134. The van der Waals surface area contributed by atoms with Gasteiger partial charge in [0.05, 0.1) is 6.61 Å². The third kappa shape index (κ3) is 3.02. The number of rotatable bonds is 4. The van der Waals surface area contributed by atoms with Crippen LogP contribution in [-0.4, -0.2) is 31.7 Å². The summed E-state index contributed by atoms with van der Waals surface area (Å²) in [6.07, 6.45) is 1.11. The molecule has 0 aliphatic carbocycles. The van der Waals surface area contributed by atoms with Gasteiger partial charge in [-0.25, -0.2) is 0 Å². The number of nitrogens with zero attached hydrogens (tertiary/aromatic N) is 1. The summed E-state index contributed by atoms with van der Waals surface area (Å²) in [7, 11) is 0. The molecule has 1 atom stereocenters. The van der Waals surface area contributed by atoms with Crippen molar-refractivity contribution in [2.75, 3.05) is 24.6 Å². The van der Waals surface area contributed by atoms with Crippen molar-refractivity contribution >= 4 is 23.2 Å². The lowest BCUT2D eigenvalue weighted by Gasteiger charge is -2.32. The maximum atomic E-state index is 12.2. The summed E-state index contributed by atoms with van der Waals surface area (Å²) >= 11 is 5.84. The SMILES string of the molecule is NCCCC1OCCN(c2ccc(Cl)cc2)C1=O. The van der Waals surface area contributed by atoms with E-state index in [0.29, 0.717) is 31.1 Å². The molecule has 1 saturated heterocycles. The van der Waals surface area contributed by atoms with Crippen molar-refractivity contribution in [1.29, 1.82) is 0 Å². The highest BCUT2D eigenvalue weighted by atomic mass is 35.5. The van der Waals surface area contributed by atoms with Crippen LogP contribution in [0.1, 0.15) is 12.8 Å². The average Bonchev–Trinajstić information content (AvgIpc) is 2.39. The molecule has 0 bridgehead atoms. The number of benzene rings is 1. The number of hydrogen-bond acceptors (Lipinski definition) is 3. The second-order valence-corrected chi connectivity index (χ2v) is 4.69. The van der Waals surface area contributed by atoms with E-state index >= 15 is 0 Å². The van der Waals surface area contributed by atoms with Crippen LogP contribution in [0.5, 0.6) is 0 Å². The third-order valence-corrected chi connectivity index (χ3v) is 3.24. The number of anilines is 1. The minimum Gasteiger partial charge on any atom is -0.367 e. The van der Waals surface area contributed by atoms with E-state index in [1.807, 2.05) is 12.1 Å². The van der Waals surface area contributed by atoms with Crippen molar-refractivity contribution in [3.05, 3.63) is 29.3 Å². The van der Waals surface area contributed by atoms with E-state index in [-0.39, 0.29) is 12.0 Å².